The van der Waals surface area contributed by atoms with Gasteiger partial charge in [-0.15, -0.1) is 0 Å². The van der Waals surface area contributed by atoms with Gasteiger partial charge in [-0.25, -0.2) is 0 Å². The Morgan fingerprint density at radius 1 is 1.00 bits per heavy atom. The van der Waals surface area contributed by atoms with E-state index in [9.17, 15) is 19.2 Å². The number of rotatable bonds is 9. The van der Waals surface area contributed by atoms with Crippen LogP contribution in [-0.2, 0) is 19.2 Å². The molecule has 0 unspecified atom stereocenters. The molecule has 1 N–H and O–H groups in total. The first-order valence-corrected chi connectivity index (χ1v) is 10.6. The minimum Gasteiger partial charge on any atom is -0.443 e. The van der Waals surface area contributed by atoms with Crippen molar-refractivity contribution in [1.29, 1.82) is 0 Å². The van der Waals surface area contributed by atoms with Crippen LogP contribution >= 0.6 is 0 Å². The van der Waals surface area contributed by atoms with Crippen molar-refractivity contribution in [3.8, 4) is 0 Å². The van der Waals surface area contributed by atoms with Crippen molar-refractivity contribution in [1.82, 2.24) is 14.8 Å². The van der Waals surface area contributed by atoms with Crippen molar-refractivity contribution >= 4 is 47.4 Å². The van der Waals surface area contributed by atoms with Gasteiger partial charge >= 0.3 is 0 Å². The molecule has 1 heterocycles. The number of carbonyl (C=O) groups excluding carboxylic acids is 4. The molecule has 29 heavy (non-hydrogen) atoms. The lowest BCUT2D eigenvalue weighted by Gasteiger charge is -2.42. The van der Waals surface area contributed by atoms with Crippen molar-refractivity contribution in [2.45, 2.75) is 72.1 Å². The van der Waals surface area contributed by atoms with Gasteiger partial charge in [0.05, 0.1) is 0 Å². The second-order valence-corrected chi connectivity index (χ2v) is 9.58. The van der Waals surface area contributed by atoms with E-state index in [1.807, 2.05) is 25.7 Å². The highest BCUT2D eigenvalue weighted by molar-refractivity contribution is 6.34. The number of likely N-dealkylation sites (tertiary alicyclic amines) is 1. The molecular weight excluding hydrogens is 367 g/mol. The van der Waals surface area contributed by atoms with Crippen LogP contribution < -0.4 is 5.23 Å². The van der Waals surface area contributed by atoms with Gasteiger partial charge in [0.25, 0.3) is 0 Å². The van der Waals surface area contributed by atoms with Gasteiger partial charge in [0.1, 0.15) is 5.78 Å². The van der Waals surface area contributed by atoms with Crippen LogP contribution in [0.1, 0.15) is 72.1 Å². The molecule has 0 atom stereocenters. The van der Waals surface area contributed by atoms with E-state index >= 15 is 0 Å². The molecule has 0 spiro atoms. The number of hydrogen-bond acceptors (Lipinski definition) is 4. The number of nitrogens with zero attached hydrogens (tertiary/aromatic N) is 2. The van der Waals surface area contributed by atoms with E-state index in [4.69, 9.17) is 0 Å². The molecule has 1 rings (SSSR count). The zero-order valence-corrected chi connectivity index (χ0v) is 19.1. The summed E-state index contributed by atoms with van der Waals surface area (Å²) in [5, 5.41) is 2.66. The van der Waals surface area contributed by atoms with Crippen LogP contribution in [0.3, 0.4) is 0 Å². The summed E-state index contributed by atoms with van der Waals surface area (Å²) in [7, 11) is 5.05. The van der Waals surface area contributed by atoms with Crippen LogP contribution in [0.2, 0.25) is 0 Å². The van der Waals surface area contributed by atoms with Gasteiger partial charge in [0, 0.05) is 44.2 Å². The Balaban J connectivity index is 2.55. The lowest BCUT2D eigenvalue weighted by Crippen LogP contribution is -2.46. The van der Waals surface area contributed by atoms with Crippen molar-refractivity contribution < 1.29 is 19.2 Å². The second kappa shape index (κ2) is 10.9. The zero-order chi connectivity index (χ0) is 22.2. The number of ketones is 1. The Morgan fingerprint density at radius 3 is 2.03 bits per heavy atom. The SMILES string of the molecule is BNC(=O)CC1(CC(=O)N(B)B)CCN(C(=O)CCCCC(=O)C(C)(C)C)CC1. The quantitative estimate of drug-likeness (QED) is 0.401. The van der Waals surface area contributed by atoms with Crippen LogP contribution in [-0.4, -0.2) is 70.2 Å². The molecule has 0 aliphatic carbocycles. The summed E-state index contributed by atoms with van der Waals surface area (Å²) in [6.45, 7) is 6.88. The molecule has 0 aromatic carbocycles. The maximum absolute atomic E-state index is 12.5. The fourth-order valence-corrected chi connectivity index (χ4v) is 3.65. The van der Waals surface area contributed by atoms with Gasteiger partial charge in [-0.05, 0) is 31.1 Å². The monoisotopic (exact) mass is 403 g/mol. The standard InChI is InChI=1S/C19H36B3N3O4/c1-18(2,3)14(26)6-4-5-7-16(28)24-10-8-19(9-11-24,12-15(27)23-20)13-17(29)25(21)22/h4-13,20-22H2,1-3H3,(H,23,27). The molecule has 1 saturated heterocycles. The van der Waals surface area contributed by atoms with E-state index in [1.54, 1.807) is 28.7 Å². The third kappa shape index (κ3) is 8.27. The zero-order valence-electron chi connectivity index (χ0n) is 19.1. The van der Waals surface area contributed by atoms with Crippen LogP contribution in [0.25, 0.3) is 0 Å². The van der Waals surface area contributed by atoms with Gasteiger partial charge in [-0.2, -0.15) is 0 Å². The Labute approximate surface area is 178 Å². The number of Topliss-reactive ketones (excluding diaryl/α,β-unsaturated/α-hetero) is 1. The summed E-state index contributed by atoms with van der Waals surface area (Å²) in [5.74, 6) is 0.269. The maximum Gasteiger partial charge on any atom is 0.222 e. The molecule has 0 aromatic heterocycles. The lowest BCUT2D eigenvalue weighted by atomic mass is 9.72. The van der Waals surface area contributed by atoms with Gasteiger partial charge in [0.15, 0.2) is 5.91 Å². The molecule has 160 valence electrons. The van der Waals surface area contributed by atoms with Crippen LogP contribution in [0, 0.1) is 10.8 Å². The number of carbonyl (C=O) groups is 4. The molecule has 3 amide bonds. The van der Waals surface area contributed by atoms with E-state index in [-0.39, 0.29) is 28.9 Å². The van der Waals surface area contributed by atoms with E-state index in [2.05, 4.69) is 5.23 Å². The highest BCUT2D eigenvalue weighted by atomic mass is 16.2. The van der Waals surface area contributed by atoms with Gasteiger partial charge < -0.3 is 14.8 Å². The van der Waals surface area contributed by atoms with Gasteiger partial charge in [-0.1, -0.05) is 20.8 Å². The molecule has 0 bridgehead atoms. The van der Waals surface area contributed by atoms with Gasteiger partial charge in [0.2, 0.25) is 35.8 Å². The molecule has 0 saturated carbocycles. The molecule has 0 aromatic rings. The summed E-state index contributed by atoms with van der Waals surface area (Å²) < 4.78 is 1.56. The smallest absolute Gasteiger partial charge is 0.222 e. The van der Waals surface area contributed by atoms with E-state index < -0.39 is 5.41 Å². The topological polar surface area (TPSA) is 86.8 Å². The largest absolute Gasteiger partial charge is 0.443 e. The predicted octanol–water partition coefficient (Wildman–Crippen LogP) is -0.860. The highest BCUT2D eigenvalue weighted by Crippen LogP contribution is 2.39. The summed E-state index contributed by atoms with van der Waals surface area (Å²) in [4.78, 5) is 50.7. The molecule has 0 radical (unpaired) electrons. The first-order valence-electron chi connectivity index (χ1n) is 10.6. The summed E-state index contributed by atoms with van der Waals surface area (Å²) in [6, 6.07) is 0. The normalized spacial score (nSPS) is 16.2. The van der Waals surface area contributed by atoms with Crippen LogP contribution in [0.5, 0.6) is 0 Å². The predicted molar refractivity (Wildman–Crippen MR) is 121 cm³/mol. The Kier molecular flexibility index (Phi) is 9.50. The van der Waals surface area contributed by atoms with Crippen molar-refractivity contribution in [2.24, 2.45) is 10.8 Å². The number of nitrogens with one attached hydrogen (secondary N) is 1. The number of hydrogen-bond donors (Lipinski definition) is 1. The summed E-state index contributed by atoms with van der Waals surface area (Å²) in [5.41, 5.74) is -0.716. The first kappa shape index (κ1) is 25.3. The van der Waals surface area contributed by atoms with E-state index in [0.717, 1.165) is 6.42 Å². The van der Waals surface area contributed by atoms with Crippen LogP contribution in [0.4, 0.5) is 0 Å². The fourth-order valence-electron chi connectivity index (χ4n) is 3.65. The van der Waals surface area contributed by atoms with Crippen molar-refractivity contribution in [3.05, 3.63) is 0 Å². The highest BCUT2D eigenvalue weighted by Gasteiger charge is 2.39. The third-order valence-electron chi connectivity index (χ3n) is 5.90. The average Bonchev–Trinajstić information content (AvgIpc) is 2.64. The Hall–Kier alpha value is -1.73. The molecular formula is C19H36B3N3O4. The lowest BCUT2D eigenvalue weighted by molar-refractivity contribution is -0.136. The van der Waals surface area contributed by atoms with Crippen molar-refractivity contribution in [3.63, 3.8) is 0 Å². The van der Waals surface area contributed by atoms with Crippen molar-refractivity contribution in [2.75, 3.05) is 13.1 Å². The minimum atomic E-state index is -0.392. The number of unbranched alkanes of at least 4 members (excludes halogenated alkanes) is 1. The number of amides is 3. The molecule has 1 aliphatic heterocycles. The van der Waals surface area contributed by atoms with E-state index in [1.165, 1.54) is 0 Å². The summed E-state index contributed by atoms with van der Waals surface area (Å²) in [6.07, 6.45) is 4.31. The van der Waals surface area contributed by atoms with E-state index in [0.29, 0.717) is 58.0 Å². The molecule has 7 nitrogen and oxygen atoms in total. The Morgan fingerprint density at radius 2 is 1.55 bits per heavy atom. The van der Waals surface area contributed by atoms with Gasteiger partial charge in [-0.3, -0.25) is 19.2 Å². The minimum absolute atomic E-state index is 0.0113. The fraction of sp³-hybridized carbons (Fsp3) is 0.789. The maximum atomic E-state index is 12.5. The van der Waals surface area contributed by atoms with Crippen LogP contribution in [0.15, 0.2) is 0 Å². The summed E-state index contributed by atoms with van der Waals surface area (Å²) >= 11 is 0. The Bertz CT molecular complexity index is 612. The average molecular weight is 403 g/mol. The molecule has 1 aliphatic rings. The third-order valence-corrected chi connectivity index (χ3v) is 5.90. The molecule has 1 fully saturated rings. The number of piperidine rings is 1. The first-order chi connectivity index (χ1) is 13.4. The second-order valence-electron chi connectivity index (χ2n) is 9.58. The molecule has 10 heteroatoms.